The summed E-state index contributed by atoms with van der Waals surface area (Å²) in [4.78, 5) is 11.1. The van der Waals surface area contributed by atoms with Gasteiger partial charge < -0.3 is 11.1 Å². The van der Waals surface area contributed by atoms with Crippen molar-refractivity contribution in [1.82, 2.24) is 15.1 Å². The molecule has 1 aromatic heterocycles. The summed E-state index contributed by atoms with van der Waals surface area (Å²) in [5.74, 6) is 0.145. The van der Waals surface area contributed by atoms with E-state index in [0.29, 0.717) is 5.92 Å². The Kier molecular flexibility index (Phi) is 3.24. The largest absolute Gasteiger partial charge is 0.368 e. The van der Waals surface area contributed by atoms with Crippen molar-refractivity contribution in [3.63, 3.8) is 0 Å². The third-order valence-corrected chi connectivity index (χ3v) is 3.20. The lowest BCUT2D eigenvalue weighted by Gasteiger charge is -2.27. The van der Waals surface area contributed by atoms with Crippen LogP contribution in [0, 0.1) is 0 Å². The highest BCUT2D eigenvalue weighted by molar-refractivity contribution is 5.80. The third kappa shape index (κ3) is 2.24. The number of piperidine rings is 1. The summed E-state index contributed by atoms with van der Waals surface area (Å²) >= 11 is 0. The van der Waals surface area contributed by atoms with Crippen molar-refractivity contribution in [3.05, 3.63) is 18.0 Å². The summed E-state index contributed by atoms with van der Waals surface area (Å²) in [6.07, 6.45) is 5.79. The molecule has 3 N–H and O–H groups in total. The van der Waals surface area contributed by atoms with E-state index in [1.165, 1.54) is 5.56 Å². The molecule has 1 aliphatic rings. The molecular weight excluding hydrogens is 204 g/mol. The molecule has 1 aromatic rings. The van der Waals surface area contributed by atoms with Crippen LogP contribution in [0.15, 0.2) is 12.4 Å². The van der Waals surface area contributed by atoms with Crippen LogP contribution in [0.2, 0.25) is 0 Å². The predicted octanol–water partition coefficient (Wildman–Crippen LogP) is 0.224. The van der Waals surface area contributed by atoms with E-state index < -0.39 is 0 Å². The highest BCUT2D eigenvalue weighted by atomic mass is 16.1. The second kappa shape index (κ2) is 4.65. The molecule has 0 spiro atoms. The van der Waals surface area contributed by atoms with Crippen molar-refractivity contribution in [2.75, 3.05) is 6.54 Å². The molecule has 2 heterocycles. The molecular formula is C11H18N4O. The van der Waals surface area contributed by atoms with Crippen LogP contribution in [0.4, 0.5) is 0 Å². The number of aryl methyl sites for hydroxylation is 1. The fraction of sp³-hybridized carbons (Fsp3) is 0.636. The molecule has 0 radical (unpaired) electrons. The van der Waals surface area contributed by atoms with Gasteiger partial charge in [0.25, 0.3) is 0 Å². The maximum atomic E-state index is 11.1. The van der Waals surface area contributed by atoms with E-state index >= 15 is 0 Å². The van der Waals surface area contributed by atoms with Crippen LogP contribution < -0.4 is 11.1 Å². The van der Waals surface area contributed by atoms with E-state index in [1.807, 2.05) is 10.9 Å². The maximum absolute atomic E-state index is 11.1. The van der Waals surface area contributed by atoms with Crippen LogP contribution in [-0.4, -0.2) is 28.3 Å². The van der Waals surface area contributed by atoms with Crippen molar-refractivity contribution in [2.45, 2.75) is 38.3 Å². The number of aromatic nitrogens is 2. The normalized spacial score (nSPS) is 25.6. The first-order valence-electron chi connectivity index (χ1n) is 5.75. The Hall–Kier alpha value is -1.36. The Bertz CT molecular complexity index is 374. The van der Waals surface area contributed by atoms with Gasteiger partial charge in [-0.25, -0.2) is 0 Å². The Labute approximate surface area is 95.0 Å². The van der Waals surface area contributed by atoms with Crippen LogP contribution in [0.1, 0.15) is 31.2 Å². The summed E-state index contributed by atoms with van der Waals surface area (Å²) < 4.78 is 1.91. The van der Waals surface area contributed by atoms with Crippen LogP contribution in [-0.2, 0) is 11.3 Å². The van der Waals surface area contributed by atoms with Gasteiger partial charge >= 0.3 is 0 Å². The number of hydrogen-bond donors (Lipinski definition) is 2. The van der Waals surface area contributed by atoms with Gasteiger partial charge in [0, 0.05) is 12.7 Å². The van der Waals surface area contributed by atoms with E-state index in [9.17, 15) is 4.79 Å². The Balaban J connectivity index is 2.06. The fourth-order valence-electron chi connectivity index (χ4n) is 2.20. The molecule has 88 valence electrons. The molecule has 1 aliphatic heterocycles. The van der Waals surface area contributed by atoms with Crippen LogP contribution >= 0.6 is 0 Å². The van der Waals surface area contributed by atoms with Gasteiger partial charge in [0.05, 0.1) is 12.2 Å². The van der Waals surface area contributed by atoms with Crippen molar-refractivity contribution >= 4 is 5.91 Å². The zero-order valence-corrected chi connectivity index (χ0v) is 9.52. The van der Waals surface area contributed by atoms with E-state index in [-0.39, 0.29) is 11.9 Å². The molecule has 0 bridgehead atoms. The molecule has 16 heavy (non-hydrogen) atoms. The van der Waals surface area contributed by atoms with Gasteiger partial charge in [0.1, 0.15) is 0 Å². The van der Waals surface area contributed by atoms with Crippen LogP contribution in [0.5, 0.6) is 0 Å². The number of rotatable bonds is 3. The number of nitrogens with zero attached hydrogens (tertiary/aromatic N) is 2. The summed E-state index contributed by atoms with van der Waals surface area (Å²) in [5, 5.41) is 7.40. The highest BCUT2D eigenvalue weighted by Gasteiger charge is 2.26. The van der Waals surface area contributed by atoms with Gasteiger partial charge in [-0.05, 0) is 37.8 Å². The molecule has 0 aliphatic carbocycles. The van der Waals surface area contributed by atoms with E-state index in [1.54, 1.807) is 0 Å². The minimum absolute atomic E-state index is 0.191. The molecule has 0 saturated carbocycles. The fourth-order valence-corrected chi connectivity index (χ4v) is 2.20. The lowest BCUT2D eigenvalue weighted by Crippen LogP contribution is -2.46. The van der Waals surface area contributed by atoms with Gasteiger partial charge in [-0.1, -0.05) is 0 Å². The number of carbonyl (C=O) groups is 1. The van der Waals surface area contributed by atoms with Gasteiger partial charge in [0.2, 0.25) is 5.91 Å². The predicted molar refractivity (Wildman–Crippen MR) is 60.9 cm³/mol. The molecule has 2 atom stereocenters. The SMILES string of the molecule is CCn1cc(C2CCNC(C(N)=O)C2)cn1. The summed E-state index contributed by atoms with van der Waals surface area (Å²) in [5.41, 5.74) is 6.53. The molecule has 5 nitrogen and oxygen atoms in total. The van der Waals surface area contributed by atoms with Crippen molar-refractivity contribution in [2.24, 2.45) is 5.73 Å². The van der Waals surface area contributed by atoms with E-state index in [0.717, 1.165) is 25.9 Å². The van der Waals surface area contributed by atoms with Crippen molar-refractivity contribution < 1.29 is 4.79 Å². The minimum atomic E-state index is -0.257. The zero-order valence-electron chi connectivity index (χ0n) is 9.52. The monoisotopic (exact) mass is 222 g/mol. The quantitative estimate of drug-likeness (QED) is 0.768. The molecule has 1 fully saturated rings. The van der Waals surface area contributed by atoms with Gasteiger partial charge in [0.15, 0.2) is 0 Å². The van der Waals surface area contributed by atoms with E-state index in [4.69, 9.17) is 5.73 Å². The Morgan fingerprint density at radius 2 is 2.56 bits per heavy atom. The topological polar surface area (TPSA) is 72.9 Å². The summed E-state index contributed by atoms with van der Waals surface area (Å²) in [6.45, 7) is 3.78. The second-order valence-electron chi connectivity index (χ2n) is 4.26. The van der Waals surface area contributed by atoms with Crippen molar-refractivity contribution in [1.29, 1.82) is 0 Å². The molecule has 5 heteroatoms. The maximum Gasteiger partial charge on any atom is 0.234 e. The lowest BCUT2D eigenvalue weighted by atomic mass is 9.88. The molecule has 2 rings (SSSR count). The van der Waals surface area contributed by atoms with Gasteiger partial charge in [-0.2, -0.15) is 5.10 Å². The highest BCUT2D eigenvalue weighted by Crippen LogP contribution is 2.27. The number of carbonyl (C=O) groups excluding carboxylic acids is 1. The zero-order chi connectivity index (χ0) is 11.5. The number of nitrogens with one attached hydrogen (secondary N) is 1. The number of amides is 1. The van der Waals surface area contributed by atoms with E-state index in [2.05, 4.69) is 23.5 Å². The minimum Gasteiger partial charge on any atom is -0.368 e. The smallest absolute Gasteiger partial charge is 0.234 e. The van der Waals surface area contributed by atoms with Crippen molar-refractivity contribution in [3.8, 4) is 0 Å². The third-order valence-electron chi connectivity index (χ3n) is 3.20. The number of hydrogen-bond acceptors (Lipinski definition) is 3. The average molecular weight is 222 g/mol. The van der Waals surface area contributed by atoms with Crippen LogP contribution in [0.25, 0.3) is 0 Å². The number of primary amides is 1. The molecule has 2 unspecified atom stereocenters. The second-order valence-corrected chi connectivity index (χ2v) is 4.26. The first-order valence-corrected chi connectivity index (χ1v) is 5.75. The molecule has 1 saturated heterocycles. The first kappa shape index (κ1) is 11.1. The summed E-state index contributed by atoms with van der Waals surface area (Å²) in [7, 11) is 0. The van der Waals surface area contributed by atoms with Crippen LogP contribution in [0.3, 0.4) is 0 Å². The first-order chi connectivity index (χ1) is 7.70. The standard InChI is InChI=1S/C11H18N4O/c1-2-15-7-9(6-14-15)8-3-4-13-10(5-8)11(12)16/h6-8,10,13H,2-5H2,1H3,(H2,12,16). The lowest BCUT2D eigenvalue weighted by molar-refractivity contribution is -0.120. The molecule has 1 amide bonds. The Morgan fingerprint density at radius 1 is 1.75 bits per heavy atom. The van der Waals surface area contributed by atoms with Gasteiger partial charge in [-0.3, -0.25) is 9.48 Å². The number of nitrogens with two attached hydrogens (primary N) is 1. The summed E-state index contributed by atoms with van der Waals surface area (Å²) in [6, 6.07) is -0.191. The Morgan fingerprint density at radius 3 is 3.19 bits per heavy atom. The molecule has 0 aromatic carbocycles. The average Bonchev–Trinajstić information content (AvgIpc) is 2.77. The van der Waals surface area contributed by atoms with Gasteiger partial charge in [-0.15, -0.1) is 0 Å².